The van der Waals surface area contributed by atoms with Crippen LogP contribution in [0.4, 0.5) is 5.69 Å². The average Bonchev–Trinajstić information content (AvgIpc) is 2.87. The maximum atomic E-state index is 13.8. The fraction of sp³-hybridized carbons (Fsp3) is 0.269. The van der Waals surface area contributed by atoms with Gasteiger partial charge in [-0.15, -0.1) is 0 Å². The number of ketones is 1. The normalized spacial score (nSPS) is 20.7. The number of carboxylic acids is 1. The van der Waals surface area contributed by atoms with Gasteiger partial charge in [-0.05, 0) is 60.0 Å². The monoisotopic (exact) mass is 523 g/mol. The van der Waals surface area contributed by atoms with Crippen LogP contribution in [0, 0.1) is 5.41 Å². The Kier molecular flexibility index (Phi) is 7.30. The van der Waals surface area contributed by atoms with Crippen molar-refractivity contribution in [1.82, 2.24) is 5.32 Å². The number of rotatable bonds is 8. The van der Waals surface area contributed by atoms with Crippen molar-refractivity contribution in [3.63, 3.8) is 0 Å². The number of nitrogens with zero attached hydrogens (tertiary/aromatic N) is 1. The number of carboxylic acid groups (broad SMARTS) is 1. The molecule has 10 nitrogen and oxygen atoms in total. The van der Waals surface area contributed by atoms with Crippen LogP contribution in [0.15, 0.2) is 76.6 Å². The fourth-order valence-electron chi connectivity index (χ4n) is 4.95. The number of nitrogens with one attached hydrogen (secondary N) is 1. The van der Waals surface area contributed by atoms with E-state index in [1.807, 2.05) is 12.1 Å². The molecule has 4 rings (SSSR count). The van der Waals surface area contributed by atoms with Gasteiger partial charge >= 0.3 is 5.97 Å². The first kappa shape index (κ1) is 26.3. The first-order valence-corrected chi connectivity index (χ1v) is 13.3. The SMILES string of the molecule is NC(N)=Nc1cccc(C[C@H](N)C(=O)C2(C(=O)O)CCNCC2S(=O)(=O)c2ccc3ccccc3c2)c1. The van der Waals surface area contributed by atoms with Gasteiger partial charge in [0.25, 0.3) is 0 Å². The van der Waals surface area contributed by atoms with Crippen molar-refractivity contribution in [2.24, 2.45) is 27.6 Å². The molecule has 0 aliphatic carbocycles. The number of nitrogens with two attached hydrogens (primary N) is 3. The van der Waals surface area contributed by atoms with Crippen molar-refractivity contribution in [3.8, 4) is 0 Å². The molecular formula is C26H29N5O5S. The Balaban J connectivity index is 1.71. The van der Waals surface area contributed by atoms with Crippen molar-refractivity contribution in [3.05, 3.63) is 72.3 Å². The molecule has 8 N–H and O–H groups in total. The summed E-state index contributed by atoms with van der Waals surface area (Å²) in [5, 5.41) is 13.3. The van der Waals surface area contributed by atoms with Crippen molar-refractivity contribution in [2.45, 2.75) is 29.0 Å². The third-order valence-electron chi connectivity index (χ3n) is 6.78. The summed E-state index contributed by atoms with van der Waals surface area (Å²) in [6.07, 6.45) is -0.224. The van der Waals surface area contributed by atoms with Gasteiger partial charge in [0.15, 0.2) is 21.6 Å². The lowest BCUT2D eigenvalue weighted by Crippen LogP contribution is -2.63. The van der Waals surface area contributed by atoms with Gasteiger partial charge in [-0.2, -0.15) is 0 Å². The Bertz CT molecular complexity index is 1490. The highest BCUT2D eigenvalue weighted by Gasteiger charge is 2.59. The summed E-state index contributed by atoms with van der Waals surface area (Å²) in [5.74, 6) is -2.47. The molecule has 1 heterocycles. The summed E-state index contributed by atoms with van der Waals surface area (Å²) in [7, 11) is -4.24. The number of Topliss-reactive ketones (excluding diaryl/α,β-unsaturated/α-hetero) is 1. The zero-order valence-corrected chi connectivity index (χ0v) is 20.8. The molecule has 0 saturated carbocycles. The van der Waals surface area contributed by atoms with Crippen molar-refractivity contribution in [2.75, 3.05) is 13.1 Å². The lowest BCUT2D eigenvalue weighted by atomic mass is 9.72. The minimum absolute atomic E-state index is 0.0160. The zero-order chi connectivity index (χ0) is 26.8. The van der Waals surface area contributed by atoms with E-state index in [0.717, 1.165) is 5.39 Å². The van der Waals surface area contributed by atoms with Gasteiger partial charge in [0.05, 0.1) is 16.6 Å². The molecule has 1 aliphatic heterocycles. The minimum atomic E-state index is -4.24. The average molecular weight is 524 g/mol. The highest BCUT2D eigenvalue weighted by molar-refractivity contribution is 7.92. The predicted molar refractivity (Wildman–Crippen MR) is 141 cm³/mol. The van der Waals surface area contributed by atoms with Gasteiger partial charge in [-0.1, -0.05) is 42.5 Å². The van der Waals surface area contributed by atoms with E-state index < -0.39 is 38.3 Å². The van der Waals surface area contributed by atoms with E-state index in [9.17, 15) is 23.1 Å². The second-order valence-electron chi connectivity index (χ2n) is 9.15. The van der Waals surface area contributed by atoms with Crippen molar-refractivity contribution in [1.29, 1.82) is 0 Å². The van der Waals surface area contributed by atoms with E-state index >= 15 is 0 Å². The van der Waals surface area contributed by atoms with Crippen LogP contribution in [-0.2, 0) is 25.8 Å². The number of fused-ring (bicyclic) bond motifs is 1. The lowest BCUT2D eigenvalue weighted by molar-refractivity contribution is -0.157. The molecule has 37 heavy (non-hydrogen) atoms. The van der Waals surface area contributed by atoms with Gasteiger partial charge in [0.1, 0.15) is 10.7 Å². The summed E-state index contributed by atoms with van der Waals surface area (Å²) in [5.41, 5.74) is 16.0. The van der Waals surface area contributed by atoms with Crippen LogP contribution in [0.3, 0.4) is 0 Å². The van der Waals surface area contributed by atoms with Crippen LogP contribution < -0.4 is 22.5 Å². The molecule has 0 aromatic heterocycles. The smallest absolute Gasteiger partial charge is 0.318 e. The third kappa shape index (κ3) is 5.06. The quantitative estimate of drug-likeness (QED) is 0.163. The zero-order valence-electron chi connectivity index (χ0n) is 20.0. The molecule has 1 fully saturated rings. The number of carbonyl (C=O) groups excluding carboxylic acids is 1. The summed E-state index contributed by atoms with van der Waals surface area (Å²) in [6, 6.07) is 17.3. The summed E-state index contributed by atoms with van der Waals surface area (Å²) in [6.45, 7) is -0.0334. The highest BCUT2D eigenvalue weighted by atomic mass is 32.2. The van der Waals surface area contributed by atoms with Crippen molar-refractivity contribution >= 4 is 44.0 Å². The van der Waals surface area contributed by atoms with Gasteiger partial charge < -0.3 is 27.6 Å². The molecular weight excluding hydrogens is 494 g/mol. The molecule has 1 saturated heterocycles. The van der Waals surface area contributed by atoms with Crippen molar-refractivity contribution < 1.29 is 23.1 Å². The maximum absolute atomic E-state index is 13.8. The van der Waals surface area contributed by atoms with E-state index in [2.05, 4.69) is 10.3 Å². The standard InChI is InChI=1S/C26H29N5O5S/c27-21(13-16-4-3-7-19(12-16)31-25(28)29)23(32)26(24(33)34)10-11-30-15-22(26)37(35,36)20-9-8-17-5-1-2-6-18(17)14-20/h1-9,12,14,21-22,30H,10-11,13,15,27H2,(H,33,34)(H4,28,29,31)/t21-,22?,26?/m0/s1. The summed E-state index contributed by atoms with van der Waals surface area (Å²) in [4.78, 5) is 30.4. The summed E-state index contributed by atoms with van der Waals surface area (Å²) >= 11 is 0. The van der Waals surface area contributed by atoms with E-state index in [0.29, 0.717) is 16.6 Å². The number of hydrogen-bond donors (Lipinski definition) is 5. The van der Waals surface area contributed by atoms with Crippen LogP contribution in [0.1, 0.15) is 12.0 Å². The highest BCUT2D eigenvalue weighted by Crippen LogP contribution is 2.39. The second-order valence-corrected chi connectivity index (χ2v) is 11.3. The first-order chi connectivity index (χ1) is 17.6. The molecule has 3 aromatic carbocycles. The molecule has 0 bridgehead atoms. The molecule has 194 valence electrons. The second kappa shape index (κ2) is 10.3. The fourth-order valence-corrected chi connectivity index (χ4v) is 7.03. The molecule has 11 heteroatoms. The van der Waals surface area contributed by atoms with Gasteiger partial charge in [-0.3, -0.25) is 9.59 Å². The Morgan fingerprint density at radius 3 is 2.49 bits per heavy atom. The van der Waals surface area contributed by atoms with E-state index in [4.69, 9.17) is 17.2 Å². The number of aliphatic imine (C=N–C) groups is 1. The molecule has 0 spiro atoms. The largest absolute Gasteiger partial charge is 0.480 e. The number of piperidine rings is 1. The van der Waals surface area contributed by atoms with Crippen LogP contribution in [0.25, 0.3) is 10.8 Å². The van der Waals surface area contributed by atoms with Crippen LogP contribution in [0.2, 0.25) is 0 Å². The Morgan fingerprint density at radius 1 is 1.05 bits per heavy atom. The Morgan fingerprint density at radius 2 is 1.78 bits per heavy atom. The van der Waals surface area contributed by atoms with E-state index in [-0.39, 0.29) is 36.8 Å². The number of carbonyl (C=O) groups is 2. The lowest BCUT2D eigenvalue weighted by Gasteiger charge is -2.40. The molecule has 2 unspecified atom stereocenters. The van der Waals surface area contributed by atoms with Gasteiger partial charge in [0, 0.05) is 6.54 Å². The number of aliphatic carboxylic acids is 1. The number of sulfone groups is 1. The Labute approximate surface area is 214 Å². The van der Waals surface area contributed by atoms with Crippen LogP contribution in [0.5, 0.6) is 0 Å². The topological polar surface area (TPSA) is 191 Å². The Hall–Kier alpha value is -3.80. The maximum Gasteiger partial charge on any atom is 0.318 e. The number of benzene rings is 3. The summed E-state index contributed by atoms with van der Waals surface area (Å²) < 4.78 is 27.7. The van der Waals surface area contributed by atoms with Gasteiger partial charge in [-0.25, -0.2) is 13.4 Å². The number of guanidine groups is 1. The molecule has 0 radical (unpaired) electrons. The van der Waals surface area contributed by atoms with Gasteiger partial charge in [0.2, 0.25) is 0 Å². The predicted octanol–water partition coefficient (Wildman–Crippen LogP) is 1.09. The third-order valence-corrected chi connectivity index (χ3v) is 9.01. The van der Waals surface area contributed by atoms with Crippen LogP contribution >= 0.6 is 0 Å². The van der Waals surface area contributed by atoms with E-state index in [1.54, 1.807) is 42.5 Å². The molecule has 3 aromatic rings. The molecule has 1 aliphatic rings. The minimum Gasteiger partial charge on any atom is -0.480 e. The molecule has 0 amide bonds. The molecule has 3 atom stereocenters. The first-order valence-electron chi connectivity index (χ1n) is 11.7. The van der Waals surface area contributed by atoms with Crippen LogP contribution in [-0.4, -0.2) is 55.6 Å². The van der Waals surface area contributed by atoms with E-state index in [1.165, 1.54) is 12.1 Å². The number of hydrogen-bond acceptors (Lipinski definition) is 7.